The van der Waals surface area contributed by atoms with E-state index in [1.54, 1.807) is 0 Å². The van der Waals surface area contributed by atoms with E-state index in [0.29, 0.717) is 5.02 Å². The molecule has 0 atom stereocenters. The number of rotatable bonds is 1. The topological polar surface area (TPSA) is 40.2 Å². The maximum Gasteiger partial charge on any atom is 0.234 e. The molecule has 0 aromatic heterocycles. The summed E-state index contributed by atoms with van der Waals surface area (Å²) >= 11 is 5.88. The number of hydrogen-bond acceptors (Lipinski definition) is 5. The molecule has 2 aliphatic rings. The highest BCUT2D eigenvalue weighted by molar-refractivity contribution is 6.30. The van der Waals surface area contributed by atoms with E-state index in [-0.39, 0.29) is 13.5 Å². The number of halogens is 1. The zero-order valence-electron chi connectivity index (χ0n) is 11.2. The maximum atomic E-state index is 5.88. The summed E-state index contributed by atoms with van der Waals surface area (Å²) in [4.78, 5) is 23.5. The van der Waals surface area contributed by atoms with Crippen molar-refractivity contribution in [3.63, 3.8) is 0 Å². The number of hydrogen-bond donors (Lipinski definition) is 0. The molecule has 110 valence electrons. The maximum absolute atomic E-state index is 5.88. The summed E-state index contributed by atoms with van der Waals surface area (Å²) in [5, 5.41) is 0.691. The fourth-order valence-electron chi connectivity index (χ4n) is 2.50. The van der Waals surface area contributed by atoms with Gasteiger partial charge in [-0.25, -0.2) is 9.78 Å². The minimum Gasteiger partial charge on any atom is -0.320 e. The second kappa shape index (κ2) is 6.28. The summed E-state index contributed by atoms with van der Waals surface area (Å²) in [6, 6.07) is 7.43. The second-order valence-corrected chi connectivity index (χ2v) is 5.58. The lowest BCUT2D eigenvalue weighted by molar-refractivity contribution is -0.527. The van der Waals surface area contributed by atoms with Crippen molar-refractivity contribution in [3.05, 3.63) is 29.3 Å². The van der Waals surface area contributed by atoms with Crippen LogP contribution < -0.4 is 4.90 Å². The highest BCUT2D eigenvalue weighted by Gasteiger charge is 2.38. The van der Waals surface area contributed by atoms with Gasteiger partial charge in [0, 0.05) is 23.6 Å². The fourth-order valence-corrected chi connectivity index (χ4v) is 2.63. The lowest BCUT2D eigenvalue weighted by Crippen LogP contribution is -2.44. The Morgan fingerprint density at radius 3 is 2.10 bits per heavy atom. The van der Waals surface area contributed by atoms with Gasteiger partial charge in [-0.1, -0.05) is 18.0 Å². The lowest BCUT2D eigenvalue weighted by Gasteiger charge is -2.37. The van der Waals surface area contributed by atoms with Crippen molar-refractivity contribution in [2.45, 2.75) is 37.9 Å². The Hall–Kier alpha value is -0.850. The van der Waals surface area contributed by atoms with Crippen LogP contribution in [0.3, 0.4) is 0 Å². The quantitative estimate of drug-likeness (QED) is 0.741. The molecule has 5 nitrogen and oxygen atoms in total. The van der Waals surface area contributed by atoms with Gasteiger partial charge < -0.3 is 4.90 Å². The van der Waals surface area contributed by atoms with E-state index >= 15 is 0 Å². The van der Waals surface area contributed by atoms with E-state index < -0.39 is 5.79 Å². The number of benzene rings is 1. The molecule has 0 N–H and O–H groups in total. The average molecular weight is 300 g/mol. The van der Waals surface area contributed by atoms with Gasteiger partial charge in [0.05, 0.1) is 0 Å². The first-order valence-electron chi connectivity index (χ1n) is 6.89. The van der Waals surface area contributed by atoms with Gasteiger partial charge in [-0.05, 0) is 37.1 Å². The van der Waals surface area contributed by atoms with Gasteiger partial charge in [-0.3, -0.25) is 0 Å². The molecule has 1 aromatic rings. The van der Waals surface area contributed by atoms with Crippen molar-refractivity contribution in [3.8, 4) is 0 Å². The first-order chi connectivity index (χ1) is 9.77. The predicted octanol–water partition coefficient (Wildman–Crippen LogP) is 3.63. The fraction of sp³-hybridized carbons (Fsp3) is 0.571. The molecule has 1 heterocycles. The molecule has 0 bridgehead atoms. The minimum atomic E-state index is -0.732. The highest BCUT2D eigenvalue weighted by atomic mass is 35.5. The zero-order valence-corrected chi connectivity index (χ0v) is 12.0. The van der Waals surface area contributed by atoms with Crippen LogP contribution in [0.25, 0.3) is 0 Å². The Morgan fingerprint density at radius 1 is 0.900 bits per heavy atom. The van der Waals surface area contributed by atoms with Crippen LogP contribution in [0.4, 0.5) is 5.69 Å². The standard InChI is InChI=1S/C14H18ClNO4/c15-12-4-6-13(7-5-12)16-10-17-19-14(20-18-11-16)8-2-1-3-9-14/h4-7H,1-3,8-11H2. The molecule has 1 aromatic carbocycles. The first-order valence-corrected chi connectivity index (χ1v) is 7.27. The van der Waals surface area contributed by atoms with Crippen LogP contribution in [-0.4, -0.2) is 19.2 Å². The molecule has 3 rings (SSSR count). The van der Waals surface area contributed by atoms with Crippen molar-refractivity contribution in [1.29, 1.82) is 0 Å². The third kappa shape index (κ3) is 3.24. The van der Waals surface area contributed by atoms with E-state index in [1.165, 1.54) is 6.42 Å². The smallest absolute Gasteiger partial charge is 0.234 e. The van der Waals surface area contributed by atoms with E-state index in [9.17, 15) is 0 Å². The Balaban J connectivity index is 1.61. The zero-order chi connectivity index (χ0) is 13.8. The van der Waals surface area contributed by atoms with E-state index in [4.69, 9.17) is 31.2 Å². The summed E-state index contributed by atoms with van der Waals surface area (Å²) < 4.78 is 0. The van der Waals surface area contributed by atoms with Gasteiger partial charge in [-0.15, -0.1) is 0 Å². The average Bonchev–Trinajstić information content (AvgIpc) is 2.45. The third-order valence-corrected chi connectivity index (χ3v) is 3.90. The molecular weight excluding hydrogens is 282 g/mol. The lowest BCUT2D eigenvalue weighted by atomic mass is 9.94. The molecule has 1 aliphatic heterocycles. The summed E-state index contributed by atoms with van der Waals surface area (Å²) in [5.74, 6) is -0.732. The molecule has 1 saturated heterocycles. The summed E-state index contributed by atoms with van der Waals surface area (Å²) in [7, 11) is 0. The van der Waals surface area contributed by atoms with Gasteiger partial charge in [0.15, 0.2) is 13.5 Å². The molecule has 0 unspecified atom stereocenters. The monoisotopic (exact) mass is 299 g/mol. The predicted molar refractivity (Wildman–Crippen MR) is 73.8 cm³/mol. The molecule has 6 heteroatoms. The first kappa shape index (κ1) is 14.1. The van der Waals surface area contributed by atoms with Crippen LogP contribution in [0.2, 0.25) is 5.02 Å². The SMILES string of the molecule is Clc1ccc(N2COOC3(CCCCC3)OOC2)cc1. The van der Waals surface area contributed by atoms with Crippen molar-refractivity contribution in [1.82, 2.24) is 0 Å². The molecule has 1 saturated carbocycles. The Bertz CT molecular complexity index is 421. The number of nitrogens with zero attached hydrogens (tertiary/aromatic N) is 1. The molecule has 2 fully saturated rings. The van der Waals surface area contributed by atoms with Crippen LogP contribution in [0.15, 0.2) is 24.3 Å². The highest BCUT2D eigenvalue weighted by Crippen LogP contribution is 2.34. The van der Waals surface area contributed by atoms with Gasteiger partial charge in [0.2, 0.25) is 5.79 Å². The van der Waals surface area contributed by atoms with Gasteiger partial charge in [-0.2, -0.15) is 9.78 Å². The summed E-state index contributed by atoms with van der Waals surface area (Å²) in [6.45, 7) is 0.569. The van der Waals surface area contributed by atoms with E-state index in [0.717, 1.165) is 31.4 Å². The molecule has 0 radical (unpaired) electrons. The molecule has 1 aliphatic carbocycles. The van der Waals surface area contributed by atoms with Crippen molar-refractivity contribution in [2.24, 2.45) is 0 Å². The van der Waals surface area contributed by atoms with Crippen LogP contribution >= 0.6 is 11.6 Å². The Labute approximate surface area is 123 Å². The molecular formula is C14H18ClNO4. The van der Waals surface area contributed by atoms with Crippen molar-refractivity contribution >= 4 is 17.3 Å². The normalized spacial score (nSPS) is 23.4. The van der Waals surface area contributed by atoms with Crippen LogP contribution in [0.1, 0.15) is 32.1 Å². The van der Waals surface area contributed by atoms with Gasteiger partial charge in [0.1, 0.15) is 0 Å². The van der Waals surface area contributed by atoms with Gasteiger partial charge in [0.25, 0.3) is 0 Å². The summed E-state index contributed by atoms with van der Waals surface area (Å²) in [6.07, 6.45) is 4.93. The molecule has 1 spiro atoms. The van der Waals surface area contributed by atoms with E-state index in [2.05, 4.69) is 0 Å². The van der Waals surface area contributed by atoms with Crippen molar-refractivity contribution in [2.75, 3.05) is 18.4 Å². The molecule has 0 amide bonds. The van der Waals surface area contributed by atoms with E-state index in [1.807, 2.05) is 29.2 Å². The molecule has 20 heavy (non-hydrogen) atoms. The Kier molecular flexibility index (Phi) is 4.43. The summed E-state index contributed by atoms with van der Waals surface area (Å²) in [5.41, 5.74) is 0.932. The van der Waals surface area contributed by atoms with Gasteiger partial charge >= 0.3 is 0 Å². The van der Waals surface area contributed by atoms with Crippen molar-refractivity contribution < 1.29 is 19.6 Å². The Morgan fingerprint density at radius 2 is 1.50 bits per heavy atom. The van der Waals surface area contributed by atoms with Crippen LogP contribution in [0.5, 0.6) is 0 Å². The third-order valence-electron chi connectivity index (χ3n) is 3.65. The van der Waals surface area contributed by atoms with Crippen LogP contribution in [-0.2, 0) is 19.6 Å². The largest absolute Gasteiger partial charge is 0.320 e. The number of anilines is 1. The van der Waals surface area contributed by atoms with Crippen LogP contribution in [0, 0.1) is 0 Å². The second-order valence-electron chi connectivity index (χ2n) is 5.15. The minimum absolute atomic E-state index is 0.284.